The van der Waals surface area contributed by atoms with Gasteiger partial charge in [-0.05, 0) is 26.0 Å². The highest BCUT2D eigenvalue weighted by molar-refractivity contribution is 6.29. The van der Waals surface area contributed by atoms with E-state index in [-0.39, 0.29) is 24.0 Å². The van der Waals surface area contributed by atoms with Gasteiger partial charge in [-0.1, -0.05) is 32.4 Å². The summed E-state index contributed by atoms with van der Waals surface area (Å²) in [4.78, 5) is 18.4. The van der Waals surface area contributed by atoms with Crippen molar-refractivity contribution in [2.75, 3.05) is 13.2 Å². The van der Waals surface area contributed by atoms with Crippen LogP contribution in [0.3, 0.4) is 0 Å². The molecule has 1 rings (SSSR count). The smallest absolute Gasteiger partial charge is 0.254 e. The van der Waals surface area contributed by atoms with E-state index < -0.39 is 0 Å². The van der Waals surface area contributed by atoms with E-state index in [0.29, 0.717) is 17.3 Å². The standard InChI is InChI=1S/C15H23ClN2O2/c1-10(2)18(6-7-19)14(20)11-8-12(15(3,4)5)17-13(16)9-11/h8-10,19H,6-7H2,1-5H3. The van der Waals surface area contributed by atoms with Gasteiger partial charge in [0.15, 0.2) is 0 Å². The maximum absolute atomic E-state index is 12.5. The average molecular weight is 299 g/mol. The van der Waals surface area contributed by atoms with E-state index in [9.17, 15) is 4.79 Å². The molecule has 20 heavy (non-hydrogen) atoms. The Kier molecular flexibility index (Phi) is 5.54. The normalized spacial score (nSPS) is 11.8. The molecule has 0 aromatic carbocycles. The number of aromatic nitrogens is 1. The molecule has 112 valence electrons. The van der Waals surface area contributed by atoms with Crippen LogP contribution in [0.25, 0.3) is 0 Å². The first-order valence-corrected chi connectivity index (χ1v) is 7.14. The minimum absolute atomic E-state index is 0.0136. The second kappa shape index (κ2) is 6.55. The molecule has 0 atom stereocenters. The monoisotopic (exact) mass is 298 g/mol. The summed E-state index contributed by atoms with van der Waals surface area (Å²) >= 11 is 6.03. The molecule has 0 fully saturated rings. The number of aliphatic hydroxyl groups is 1. The molecule has 0 aliphatic heterocycles. The second-order valence-corrected chi connectivity index (χ2v) is 6.52. The van der Waals surface area contributed by atoms with Gasteiger partial charge < -0.3 is 10.0 Å². The maximum Gasteiger partial charge on any atom is 0.254 e. The van der Waals surface area contributed by atoms with Crippen molar-refractivity contribution >= 4 is 17.5 Å². The lowest BCUT2D eigenvalue weighted by Crippen LogP contribution is -2.39. The number of carbonyl (C=O) groups is 1. The molecule has 0 aliphatic carbocycles. The van der Waals surface area contributed by atoms with Crippen molar-refractivity contribution in [3.05, 3.63) is 28.5 Å². The number of hydrogen-bond donors (Lipinski definition) is 1. The van der Waals surface area contributed by atoms with Crippen LogP contribution >= 0.6 is 11.6 Å². The van der Waals surface area contributed by atoms with Gasteiger partial charge in [-0.3, -0.25) is 4.79 Å². The van der Waals surface area contributed by atoms with Crippen LogP contribution in [0.1, 0.15) is 50.7 Å². The lowest BCUT2D eigenvalue weighted by atomic mass is 9.90. The highest BCUT2D eigenvalue weighted by Crippen LogP contribution is 2.24. The van der Waals surface area contributed by atoms with Gasteiger partial charge in [-0.25, -0.2) is 4.98 Å². The number of aliphatic hydroxyl groups excluding tert-OH is 1. The number of pyridine rings is 1. The Labute approximate surface area is 125 Å². The van der Waals surface area contributed by atoms with Gasteiger partial charge in [0.25, 0.3) is 5.91 Å². The van der Waals surface area contributed by atoms with Crippen LogP contribution in [0.15, 0.2) is 12.1 Å². The Morgan fingerprint density at radius 3 is 2.45 bits per heavy atom. The summed E-state index contributed by atoms with van der Waals surface area (Å²) in [5, 5.41) is 9.40. The molecule has 0 aliphatic rings. The first kappa shape index (κ1) is 16.9. The number of nitrogens with zero attached hydrogens (tertiary/aromatic N) is 2. The van der Waals surface area contributed by atoms with Crippen molar-refractivity contribution < 1.29 is 9.90 Å². The van der Waals surface area contributed by atoms with E-state index >= 15 is 0 Å². The lowest BCUT2D eigenvalue weighted by molar-refractivity contribution is 0.0665. The molecule has 1 amide bonds. The molecule has 0 spiro atoms. The van der Waals surface area contributed by atoms with Gasteiger partial charge in [0.05, 0.1) is 6.61 Å². The minimum Gasteiger partial charge on any atom is -0.395 e. The number of amides is 1. The Balaban J connectivity index is 3.18. The van der Waals surface area contributed by atoms with Crippen molar-refractivity contribution in [1.29, 1.82) is 0 Å². The van der Waals surface area contributed by atoms with Crippen molar-refractivity contribution in [2.24, 2.45) is 0 Å². The van der Waals surface area contributed by atoms with Gasteiger partial charge in [0.2, 0.25) is 0 Å². The molecule has 0 radical (unpaired) electrons. The van der Waals surface area contributed by atoms with Gasteiger partial charge in [0.1, 0.15) is 5.15 Å². The summed E-state index contributed by atoms with van der Waals surface area (Å²) in [5.74, 6) is -0.135. The van der Waals surface area contributed by atoms with Crippen LogP contribution in [0.4, 0.5) is 0 Å². The Bertz CT molecular complexity index is 481. The Morgan fingerprint density at radius 2 is 2.00 bits per heavy atom. The first-order chi connectivity index (χ1) is 9.16. The number of rotatable bonds is 4. The Hall–Kier alpha value is -1.13. The fourth-order valence-electron chi connectivity index (χ4n) is 1.87. The lowest BCUT2D eigenvalue weighted by Gasteiger charge is -2.27. The molecule has 0 saturated heterocycles. The largest absolute Gasteiger partial charge is 0.395 e. The molecule has 0 saturated carbocycles. The number of hydrogen-bond acceptors (Lipinski definition) is 3. The van der Waals surface area contributed by atoms with Gasteiger partial charge in [0, 0.05) is 29.3 Å². The third kappa shape index (κ3) is 4.18. The van der Waals surface area contributed by atoms with Crippen LogP contribution in [-0.4, -0.2) is 40.1 Å². The van der Waals surface area contributed by atoms with Crippen molar-refractivity contribution in [1.82, 2.24) is 9.88 Å². The SMILES string of the molecule is CC(C)N(CCO)C(=O)c1cc(Cl)nc(C(C)(C)C)c1. The minimum atomic E-state index is -0.181. The zero-order chi connectivity index (χ0) is 15.5. The molecule has 5 heteroatoms. The predicted octanol–water partition coefficient (Wildman–Crippen LogP) is 2.88. The predicted molar refractivity (Wildman–Crippen MR) is 81.2 cm³/mol. The van der Waals surface area contributed by atoms with Crippen LogP contribution in [0, 0.1) is 0 Å². The van der Waals surface area contributed by atoms with E-state index in [0.717, 1.165) is 5.69 Å². The third-order valence-corrected chi connectivity index (χ3v) is 3.23. The Morgan fingerprint density at radius 1 is 1.40 bits per heavy atom. The number of carbonyl (C=O) groups excluding carboxylic acids is 1. The zero-order valence-corrected chi connectivity index (χ0v) is 13.5. The summed E-state index contributed by atoms with van der Waals surface area (Å²) in [6.07, 6.45) is 0. The van der Waals surface area contributed by atoms with Crippen molar-refractivity contribution in [3.8, 4) is 0 Å². The average Bonchev–Trinajstić information content (AvgIpc) is 2.33. The fourth-order valence-corrected chi connectivity index (χ4v) is 2.08. The van der Waals surface area contributed by atoms with E-state index in [2.05, 4.69) is 4.98 Å². The molecule has 0 unspecified atom stereocenters. The van der Waals surface area contributed by atoms with Crippen LogP contribution in [0.5, 0.6) is 0 Å². The second-order valence-electron chi connectivity index (χ2n) is 6.13. The molecular formula is C15H23ClN2O2. The molecule has 1 aromatic rings. The van der Waals surface area contributed by atoms with E-state index in [1.807, 2.05) is 34.6 Å². The van der Waals surface area contributed by atoms with E-state index in [1.54, 1.807) is 17.0 Å². The summed E-state index contributed by atoms with van der Waals surface area (Å²) in [6, 6.07) is 3.37. The molecule has 4 nitrogen and oxygen atoms in total. The molecule has 1 heterocycles. The summed E-state index contributed by atoms with van der Waals surface area (Å²) in [7, 11) is 0. The van der Waals surface area contributed by atoms with E-state index in [1.165, 1.54) is 0 Å². The highest BCUT2D eigenvalue weighted by atomic mass is 35.5. The fraction of sp³-hybridized carbons (Fsp3) is 0.600. The van der Waals surface area contributed by atoms with Crippen molar-refractivity contribution in [3.63, 3.8) is 0 Å². The first-order valence-electron chi connectivity index (χ1n) is 6.76. The summed E-state index contributed by atoms with van der Waals surface area (Å²) < 4.78 is 0. The zero-order valence-electron chi connectivity index (χ0n) is 12.8. The van der Waals surface area contributed by atoms with Crippen LogP contribution in [0.2, 0.25) is 5.15 Å². The number of halogens is 1. The topological polar surface area (TPSA) is 53.4 Å². The molecule has 0 bridgehead atoms. The molecule has 1 aromatic heterocycles. The van der Waals surface area contributed by atoms with Gasteiger partial charge >= 0.3 is 0 Å². The molecular weight excluding hydrogens is 276 g/mol. The molecule has 1 N–H and O–H groups in total. The van der Waals surface area contributed by atoms with Gasteiger partial charge in [-0.2, -0.15) is 0 Å². The van der Waals surface area contributed by atoms with E-state index in [4.69, 9.17) is 16.7 Å². The maximum atomic E-state index is 12.5. The summed E-state index contributed by atoms with van der Waals surface area (Å²) in [5.41, 5.74) is 1.11. The highest BCUT2D eigenvalue weighted by Gasteiger charge is 2.22. The van der Waals surface area contributed by atoms with Gasteiger partial charge in [-0.15, -0.1) is 0 Å². The van der Waals surface area contributed by atoms with Crippen LogP contribution in [-0.2, 0) is 5.41 Å². The van der Waals surface area contributed by atoms with Crippen molar-refractivity contribution in [2.45, 2.75) is 46.1 Å². The van der Waals surface area contributed by atoms with Crippen LogP contribution < -0.4 is 0 Å². The quantitative estimate of drug-likeness (QED) is 0.870. The summed E-state index contributed by atoms with van der Waals surface area (Å²) in [6.45, 7) is 10.1. The third-order valence-electron chi connectivity index (χ3n) is 3.03.